The highest BCUT2D eigenvalue weighted by Gasteiger charge is 2.57. The smallest absolute Gasteiger partial charge is 0.338 e. The molecule has 4 aromatic rings. The zero-order valence-electron chi connectivity index (χ0n) is 22.0. The van der Waals surface area contributed by atoms with E-state index in [1.165, 1.54) is 10.9 Å². The molecule has 2 fully saturated rings. The summed E-state index contributed by atoms with van der Waals surface area (Å²) in [6, 6.07) is 0. The van der Waals surface area contributed by atoms with Gasteiger partial charge in [-0.1, -0.05) is 0 Å². The molecule has 0 amide bonds. The minimum atomic E-state index is -5.11. The van der Waals surface area contributed by atoms with Gasteiger partial charge in [-0.05, 0) is 0 Å². The molecular formula is C20H25FN10O11P2. The molecule has 238 valence electrons. The molecule has 0 aromatic carbocycles. The van der Waals surface area contributed by atoms with E-state index in [1.807, 2.05) is 0 Å². The molecule has 6 heterocycles. The van der Waals surface area contributed by atoms with Crippen LogP contribution in [0.15, 0.2) is 23.8 Å². The number of anilines is 2. The molecule has 21 nitrogen and oxygen atoms in total. The Bertz CT molecular complexity index is 1840. The van der Waals surface area contributed by atoms with Crippen molar-refractivity contribution >= 4 is 49.9 Å². The Morgan fingerprint density at radius 1 is 1.02 bits per heavy atom. The van der Waals surface area contributed by atoms with Crippen molar-refractivity contribution in [2.75, 3.05) is 24.7 Å². The van der Waals surface area contributed by atoms with Gasteiger partial charge >= 0.3 is 15.9 Å². The quantitative estimate of drug-likeness (QED) is 0.0948. The number of aromatic nitrogens is 8. The maximum absolute atomic E-state index is 15.8. The Morgan fingerprint density at radius 2 is 1.70 bits per heavy atom. The van der Waals surface area contributed by atoms with Gasteiger partial charge in [0.05, 0.1) is 25.9 Å². The molecule has 4 aromatic heterocycles. The molecule has 6 rings (SSSR count). The maximum atomic E-state index is 15.8. The van der Waals surface area contributed by atoms with E-state index in [9.17, 15) is 29.0 Å². The van der Waals surface area contributed by atoms with Crippen LogP contribution in [0.1, 0.15) is 12.5 Å². The highest BCUT2D eigenvalue weighted by Crippen LogP contribution is 2.58. The lowest BCUT2D eigenvalue weighted by molar-refractivity contribution is -0.0494. The largest absolute Gasteiger partial charge is 0.387 e. The Balaban J connectivity index is 1.26. The summed E-state index contributed by atoms with van der Waals surface area (Å²) in [6.45, 7) is -1.60. The van der Waals surface area contributed by atoms with Crippen LogP contribution in [0.4, 0.5) is 16.2 Å². The van der Waals surface area contributed by atoms with E-state index in [0.29, 0.717) is 0 Å². The fourth-order valence-corrected chi connectivity index (χ4v) is 7.04. The van der Waals surface area contributed by atoms with Crippen molar-refractivity contribution in [3.8, 4) is 0 Å². The number of hydrogen-bond acceptors (Lipinski definition) is 16. The van der Waals surface area contributed by atoms with E-state index in [0.717, 1.165) is 17.2 Å². The van der Waals surface area contributed by atoms with Crippen LogP contribution in [0.3, 0.4) is 0 Å². The number of nitrogens with two attached hydrogens (primary N) is 2. The van der Waals surface area contributed by atoms with Crippen LogP contribution < -0.4 is 17.0 Å². The first kappa shape index (κ1) is 30.6. The molecule has 2 saturated heterocycles. The number of fused-ring (bicyclic) bond motifs is 2. The van der Waals surface area contributed by atoms with Crippen molar-refractivity contribution in [1.82, 2.24) is 39.0 Å². The summed E-state index contributed by atoms with van der Waals surface area (Å²) in [7, 11) is -8.64. The monoisotopic (exact) mass is 662 g/mol. The Labute approximate surface area is 244 Å². The number of nitrogens with zero attached hydrogens (tertiary/aromatic N) is 7. The third kappa shape index (κ3) is 5.28. The summed E-state index contributed by atoms with van der Waals surface area (Å²) in [4.78, 5) is 54.4. The topological polar surface area (TPSA) is 311 Å². The van der Waals surface area contributed by atoms with Gasteiger partial charge in [0.2, 0.25) is 5.95 Å². The van der Waals surface area contributed by atoms with E-state index in [4.69, 9.17) is 30.4 Å². The molecule has 24 heteroatoms. The average Bonchev–Trinajstić information content (AvgIpc) is 3.72. The summed E-state index contributed by atoms with van der Waals surface area (Å²) >= 11 is 0. The van der Waals surface area contributed by atoms with E-state index in [1.54, 1.807) is 0 Å². The number of alkyl halides is 1. The second-order valence-electron chi connectivity index (χ2n) is 9.84. The second kappa shape index (κ2) is 11.5. The molecule has 0 spiro atoms. The van der Waals surface area contributed by atoms with Crippen molar-refractivity contribution in [3.63, 3.8) is 0 Å². The van der Waals surface area contributed by atoms with Gasteiger partial charge in [-0.3, -0.25) is 28.0 Å². The van der Waals surface area contributed by atoms with Gasteiger partial charge in [0, 0.05) is 0 Å². The molecule has 2 unspecified atom stereocenters. The SMILES string of the molecule is Nc1nc2c(ncn2[C@@H]2O[C@H](CO[PH](=O)O)[C@H](F)[C@H]2P(=O)(O)OC[C@H]2O[C@@H](n3cnc4c(N)ncnc43)[C@H](O)[C@@H]2O)c(=O)[nH]1. The zero-order valence-corrected chi connectivity index (χ0v) is 23.9. The summed E-state index contributed by atoms with van der Waals surface area (Å²) in [5.41, 5.74) is 8.55. The molecule has 2 aliphatic heterocycles. The molecule has 2 aliphatic rings. The molecule has 44 heavy (non-hydrogen) atoms. The van der Waals surface area contributed by atoms with E-state index in [2.05, 4.69) is 34.4 Å². The predicted octanol–water partition coefficient (Wildman–Crippen LogP) is -2.05. The van der Waals surface area contributed by atoms with Gasteiger partial charge < -0.3 is 50.0 Å². The minimum absolute atomic E-state index is 0.0559. The minimum Gasteiger partial charge on any atom is -0.387 e. The molecule has 0 radical (unpaired) electrons. The van der Waals surface area contributed by atoms with Crippen LogP contribution in [0.25, 0.3) is 22.3 Å². The number of rotatable bonds is 9. The number of nitrogens with one attached hydrogen (secondary N) is 1. The number of imidazole rings is 2. The highest BCUT2D eigenvalue weighted by atomic mass is 31.2. The molecule has 9 N–H and O–H groups in total. The zero-order chi connectivity index (χ0) is 31.5. The average molecular weight is 662 g/mol. The fourth-order valence-electron chi connectivity index (χ4n) is 5.12. The van der Waals surface area contributed by atoms with Crippen LogP contribution in [-0.4, -0.2) is 108 Å². The number of H-pyrrole nitrogens is 1. The van der Waals surface area contributed by atoms with E-state index < -0.39 is 83.3 Å². The number of nitrogen functional groups attached to an aromatic ring is 2. The van der Waals surface area contributed by atoms with Crippen molar-refractivity contribution in [2.45, 2.75) is 48.7 Å². The first-order chi connectivity index (χ1) is 20.9. The third-order valence-corrected chi connectivity index (χ3v) is 9.41. The predicted molar refractivity (Wildman–Crippen MR) is 144 cm³/mol. The van der Waals surface area contributed by atoms with E-state index in [-0.39, 0.29) is 34.1 Å². The van der Waals surface area contributed by atoms with Gasteiger partial charge in [0.25, 0.3) is 5.56 Å². The highest BCUT2D eigenvalue weighted by molar-refractivity contribution is 7.53. The van der Waals surface area contributed by atoms with Gasteiger partial charge in [0.15, 0.2) is 35.1 Å². The second-order valence-corrected chi connectivity index (χ2v) is 12.6. The summed E-state index contributed by atoms with van der Waals surface area (Å²) in [5.74, 6) is -0.279. The summed E-state index contributed by atoms with van der Waals surface area (Å²) < 4.78 is 64.0. The first-order valence-electron chi connectivity index (χ1n) is 12.7. The lowest BCUT2D eigenvalue weighted by Gasteiger charge is -2.26. The third-order valence-electron chi connectivity index (χ3n) is 7.18. The molecule has 0 bridgehead atoms. The number of hydrogen-bond donors (Lipinski definition) is 7. The van der Waals surface area contributed by atoms with Gasteiger partial charge in [0.1, 0.15) is 48.1 Å². The fraction of sp³-hybridized carbons (Fsp3) is 0.500. The maximum Gasteiger partial charge on any atom is 0.338 e. The summed E-state index contributed by atoms with van der Waals surface area (Å²) in [6.07, 6.45) is -8.17. The van der Waals surface area contributed by atoms with Gasteiger partial charge in [-0.2, -0.15) is 4.98 Å². The number of aliphatic hydroxyl groups excluding tert-OH is 2. The number of aromatic amines is 1. The lowest BCUT2D eigenvalue weighted by Crippen LogP contribution is -2.35. The molecule has 0 saturated carbocycles. The van der Waals surface area contributed by atoms with Crippen LogP contribution in [0.2, 0.25) is 0 Å². The van der Waals surface area contributed by atoms with Crippen molar-refractivity contribution < 1.29 is 52.0 Å². The van der Waals surface area contributed by atoms with Crippen LogP contribution >= 0.6 is 15.9 Å². The normalized spacial score (nSPS) is 31.1. The first-order valence-corrected chi connectivity index (χ1v) is 15.6. The molecule has 0 aliphatic carbocycles. The van der Waals surface area contributed by atoms with Crippen LogP contribution in [0.5, 0.6) is 0 Å². The summed E-state index contributed by atoms with van der Waals surface area (Å²) in [5, 5.41) is 21.3. The Kier molecular flexibility index (Phi) is 7.99. The number of aliphatic hydroxyl groups is 2. The Morgan fingerprint density at radius 3 is 2.43 bits per heavy atom. The van der Waals surface area contributed by atoms with Gasteiger partial charge in [-0.15, -0.1) is 0 Å². The van der Waals surface area contributed by atoms with Crippen molar-refractivity contribution in [2.24, 2.45) is 0 Å². The number of halogens is 1. The van der Waals surface area contributed by atoms with E-state index >= 15 is 4.39 Å². The number of ether oxygens (including phenoxy) is 2. The molecule has 10 atom stereocenters. The van der Waals surface area contributed by atoms with Crippen LogP contribution in [0, 0.1) is 0 Å². The van der Waals surface area contributed by atoms with Crippen LogP contribution in [-0.2, 0) is 27.7 Å². The standard InChI is InChI=1S/C20H25FN10O11P2/c21-8-6(1-39-43(35)36)41-19(31-5-27-10-16(31)28-20(23)29-17(10)34)13(8)44(37,38)40-2-7-11(32)12(33)18(42-7)30-4-26-9-14(22)24-3-25-15(9)30/h3-8,11-13,18-19,32-33,43H,1-2H2,(H,35,36)(H,37,38)(H2,22,24,25)(H3,23,28,29,34)/t6-,7-,8+,11-,12-,13-,18-,19-/m1/s1. The Hall–Kier alpha value is -3.43. The molecular weight excluding hydrogens is 637 g/mol. The van der Waals surface area contributed by atoms with Crippen molar-refractivity contribution in [1.29, 1.82) is 0 Å². The van der Waals surface area contributed by atoms with Crippen molar-refractivity contribution in [3.05, 3.63) is 29.3 Å². The van der Waals surface area contributed by atoms with Gasteiger partial charge in [-0.25, -0.2) is 24.3 Å². The lowest BCUT2D eigenvalue weighted by atomic mass is 10.1.